The van der Waals surface area contributed by atoms with Crippen LogP contribution in [-0.2, 0) is 30.3 Å². The number of thiophene rings is 1. The Morgan fingerprint density at radius 3 is 2.17 bits per heavy atom. The van der Waals surface area contributed by atoms with Gasteiger partial charge in [0.25, 0.3) is 0 Å². The van der Waals surface area contributed by atoms with Gasteiger partial charge in [0.05, 0.1) is 0 Å². The van der Waals surface area contributed by atoms with Crippen molar-refractivity contribution < 1.29 is 34.4 Å². The number of aryl methyl sites for hydroxylation is 2. The molecule has 1 radical (unpaired) electrons. The van der Waals surface area contributed by atoms with Crippen LogP contribution in [0.25, 0.3) is 54.4 Å². The molecule has 0 aliphatic heterocycles. The Morgan fingerprint density at radius 2 is 1.54 bits per heavy atom. The summed E-state index contributed by atoms with van der Waals surface area (Å²) in [6, 6.07) is 25.2. The van der Waals surface area contributed by atoms with Crippen LogP contribution in [-0.4, -0.2) is 15.9 Å². The van der Waals surface area contributed by atoms with E-state index in [1.54, 1.807) is 0 Å². The zero-order valence-electron chi connectivity index (χ0n) is 32.7. The number of carbonyl (C=O) groups excluding carboxylic acids is 1. The van der Waals surface area contributed by atoms with E-state index in [0.717, 1.165) is 70.2 Å². The largest absolute Gasteiger partial charge is 0.512 e. The van der Waals surface area contributed by atoms with Gasteiger partial charge in [-0.25, -0.2) is 0 Å². The number of aliphatic hydroxyl groups excluding tert-OH is 1. The van der Waals surface area contributed by atoms with E-state index in [-0.39, 0.29) is 47.9 Å². The van der Waals surface area contributed by atoms with Crippen molar-refractivity contribution in [1.82, 2.24) is 4.98 Å². The van der Waals surface area contributed by atoms with Gasteiger partial charge in [0.15, 0.2) is 5.78 Å². The Hall–Kier alpha value is -3.57. The molecule has 0 unspecified atom stereocenters. The molecule has 0 fully saturated rings. The minimum Gasteiger partial charge on any atom is -0.512 e. The van der Waals surface area contributed by atoms with Crippen LogP contribution in [0.3, 0.4) is 0 Å². The van der Waals surface area contributed by atoms with Gasteiger partial charge in [0, 0.05) is 69.4 Å². The molecule has 3 aromatic heterocycles. The summed E-state index contributed by atoms with van der Waals surface area (Å²) in [6.45, 7) is 23.2. The summed E-state index contributed by atoms with van der Waals surface area (Å²) >= 11 is 1.82. The molecule has 3 aromatic carbocycles. The van der Waals surface area contributed by atoms with Crippen LogP contribution in [0.5, 0.6) is 0 Å². The molecular weight excluding hydrogens is 839 g/mol. The van der Waals surface area contributed by atoms with Crippen molar-refractivity contribution >= 4 is 48.9 Å². The Kier molecular flexibility index (Phi) is 12.8. The second-order valence-electron chi connectivity index (χ2n) is 15.5. The van der Waals surface area contributed by atoms with Gasteiger partial charge in [-0.1, -0.05) is 91.5 Å². The van der Waals surface area contributed by atoms with Crippen LogP contribution < -0.4 is 0 Å². The van der Waals surface area contributed by atoms with Gasteiger partial charge in [0.1, 0.15) is 17.1 Å². The number of furan rings is 1. The monoisotopic (exact) mass is 893 g/mol. The summed E-state index contributed by atoms with van der Waals surface area (Å²) in [5.41, 5.74) is 5.71. The molecule has 6 aromatic rings. The Bertz CT molecular complexity index is 2220. The molecule has 277 valence electrons. The molecule has 0 aliphatic rings. The molecule has 0 aliphatic carbocycles. The number of pyridine rings is 1. The van der Waals surface area contributed by atoms with Crippen LogP contribution in [0.15, 0.2) is 83.1 Å². The van der Waals surface area contributed by atoms with Crippen LogP contribution in [0.4, 0.5) is 0 Å². The third kappa shape index (κ3) is 8.15. The predicted molar refractivity (Wildman–Crippen MR) is 218 cm³/mol. The maximum absolute atomic E-state index is 12.2. The van der Waals surface area contributed by atoms with Crippen LogP contribution >= 0.6 is 11.3 Å². The molecule has 52 heavy (non-hydrogen) atoms. The van der Waals surface area contributed by atoms with Crippen LogP contribution in [0.2, 0.25) is 0 Å². The number of aliphatic hydroxyl groups is 1. The number of carbonyl (C=O) groups is 1. The van der Waals surface area contributed by atoms with E-state index in [9.17, 15) is 9.90 Å². The number of benzene rings is 3. The van der Waals surface area contributed by atoms with Crippen molar-refractivity contribution in [2.45, 2.75) is 107 Å². The number of fused-ring (bicyclic) bond motifs is 3. The zero-order valence-corrected chi connectivity index (χ0v) is 35.9. The van der Waals surface area contributed by atoms with E-state index in [0.29, 0.717) is 0 Å². The molecule has 6 heteroatoms. The summed E-state index contributed by atoms with van der Waals surface area (Å²) < 4.78 is 7.74. The van der Waals surface area contributed by atoms with E-state index in [1.807, 2.05) is 65.1 Å². The number of hydrogen-bond donors (Lipinski definition) is 1. The molecule has 0 spiro atoms. The average Bonchev–Trinajstić information content (AvgIpc) is 3.67. The van der Waals surface area contributed by atoms with Crippen molar-refractivity contribution in [3.05, 3.63) is 101 Å². The fraction of sp³-hybridized carbons (Fsp3) is 0.391. The molecule has 0 saturated heterocycles. The molecule has 0 saturated carbocycles. The number of nitrogens with zero attached hydrogens (tertiary/aromatic N) is 1. The van der Waals surface area contributed by atoms with Gasteiger partial charge in [-0.05, 0) is 86.2 Å². The number of ketones is 1. The summed E-state index contributed by atoms with van der Waals surface area (Å²) in [7, 11) is 0. The van der Waals surface area contributed by atoms with Gasteiger partial charge in [-0.3, -0.25) is 9.78 Å². The number of aromatic nitrogens is 1. The molecule has 0 amide bonds. The Balaban J connectivity index is 0.000000289. The molecule has 0 atom stereocenters. The van der Waals surface area contributed by atoms with E-state index >= 15 is 0 Å². The Labute approximate surface area is 328 Å². The first-order valence-corrected chi connectivity index (χ1v) is 19.2. The van der Waals surface area contributed by atoms with Crippen LogP contribution in [0.1, 0.15) is 104 Å². The normalized spacial score (nSPS) is 12.6. The average molecular weight is 893 g/mol. The third-order valence-electron chi connectivity index (χ3n) is 11.2. The zero-order chi connectivity index (χ0) is 37.3. The van der Waals surface area contributed by atoms with Gasteiger partial charge >= 0.3 is 0 Å². The van der Waals surface area contributed by atoms with E-state index < -0.39 is 0 Å². The second-order valence-corrected chi connectivity index (χ2v) is 16.8. The summed E-state index contributed by atoms with van der Waals surface area (Å²) in [4.78, 5) is 18.3. The maximum atomic E-state index is 12.2. The smallest absolute Gasteiger partial charge is 0.164 e. The maximum Gasteiger partial charge on any atom is 0.164 e. The van der Waals surface area contributed by atoms with Gasteiger partial charge in [-0.2, -0.15) is 0 Å². The van der Waals surface area contributed by atoms with Gasteiger partial charge in [0.2, 0.25) is 0 Å². The minimum absolute atomic E-state index is 0. The Morgan fingerprint density at radius 1 is 0.885 bits per heavy atom. The molecule has 1 N–H and O–H groups in total. The minimum atomic E-state index is -0.337. The third-order valence-corrected chi connectivity index (χ3v) is 12.2. The first-order chi connectivity index (χ1) is 24.1. The SMILES string of the molecule is CCC(C)(CC)C(=O)/C=C(\O)C(C)(CC)CC.Cc1cc2cc(-c3oc4ccnc(-c5[c-]c6ccccc6c(C(C)(C)C)c5)c4c3C)ccc2s1.[Ir]. The van der Waals surface area contributed by atoms with E-state index in [1.165, 1.54) is 32.0 Å². The molecule has 3 heterocycles. The summed E-state index contributed by atoms with van der Waals surface area (Å²) in [5, 5.41) is 14.8. The fourth-order valence-electron chi connectivity index (χ4n) is 6.65. The quantitative estimate of drug-likeness (QED) is 0.0892. The molecular formula is C46H54IrNO3S-. The summed E-state index contributed by atoms with van der Waals surface area (Å²) in [5.74, 6) is 1.19. The van der Waals surface area contributed by atoms with Crippen molar-refractivity contribution in [3.8, 4) is 22.6 Å². The van der Waals surface area contributed by atoms with Crippen molar-refractivity contribution in [2.75, 3.05) is 0 Å². The summed E-state index contributed by atoms with van der Waals surface area (Å²) in [6.07, 6.45) is 6.60. The van der Waals surface area contributed by atoms with Crippen molar-refractivity contribution in [3.63, 3.8) is 0 Å². The molecule has 0 bridgehead atoms. The standard InChI is InChI=1S/C31H26NOS.C15H28O2.Ir/c1-18-14-22-16-21(10-11-27(22)34-18)30-19(2)28-26(33-30)12-13-32-29(28)23-15-20-8-6-7-9-24(20)25(17-23)31(3,4)5;1-7-14(5,8-2)12(16)11-13(17)15(6,9-3)10-4;/h6-14,16-17H,1-5H3;11,16H,7-10H2,1-6H3;/q-1;;/b;12-11-;. The first-order valence-electron chi connectivity index (χ1n) is 18.4. The second kappa shape index (κ2) is 16.2. The van der Waals surface area contributed by atoms with E-state index in [2.05, 4.69) is 95.3 Å². The van der Waals surface area contributed by atoms with Gasteiger partial charge < -0.3 is 9.52 Å². The fourth-order valence-corrected chi connectivity index (χ4v) is 7.55. The molecule has 4 nitrogen and oxygen atoms in total. The van der Waals surface area contributed by atoms with Crippen LogP contribution in [0, 0.1) is 30.7 Å². The predicted octanol–water partition coefficient (Wildman–Crippen LogP) is 13.9. The first kappa shape index (κ1) is 41.2. The topological polar surface area (TPSA) is 63.3 Å². The van der Waals surface area contributed by atoms with Gasteiger partial charge in [-0.15, -0.1) is 40.5 Å². The van der Waals surface area contributed by atoms with Crippen molar-refractivity contribution in [1.29, 1.82) is 0 Å². The number of allylic oxidation sites excluding steroid dienone is 2. The van der Waals surface area contributed by atoms with E-state index in [4.69, 9.17) is 9.40 Å². The molecule has 6 rings (SSSR count). The number of hydrogen-bond acceptors (Lipinski definition) is 5. The number of rotatable bonds is 9. The van der Waals surface area contributed by atoms with Crippen molar-refractivity contribution in [2.24, 2.45) is 10.8 Å².